The van der Waals surface area contributed by atoms with E-state index in [0.717, 1.165) is 10.5 Å². The summed E-state index contributed by atoms with van der Waals surface area (Å²) in [4.78, 5) is 9.21. The van der Waals surface area contributed by atoms with Gasteiger partial charge in [0.05, 0.1) is 11.3 Å². The van der Waals surface area contributed by atoms with Gasteiger partial charge >= 0.3 is 0 Å². The van der Waals surface area contributed by atoms with Crippen molar-refractivity contribution in [2.24, 2.45) is 0 Å². The van der Waals surface area contributed by atoms with Crippen molar-refractivity contribution in [1.82, 2.24) is 15.1 Å². The molecule has 2 aromatic heterocycles. The zero-order valence-corrected chi connectivity index (χ0v) is 11.7. The van der Waals surface area contributed by atoms with E-state index in [2.05, 4.69) is 15.1 Å². The summed E-state index contributed by atoms with van der Waals surface area (Å²) in [5, 5.41) is 3.91. The lowest BCUT2D eigenvalue weighted by Gasteiger charge is -1.97. The van der Waals surface area contributed by atoms with Crippen molar-refractivity contribution in [1.29, 1.82) is 0 Å². The van der Waals surface area contributed by atoms with Crippen LogP contribution in [0.1, 0.15) is 5.82 Å². The highest BCUT2D eigenvalue weighted by Gasteiger charge is 2.09. The van der Waals surface area contributed by atoms with E-state index in [1.165, 1.54) is 23.9 Å². The molecule has 0 saturated heterocycles. The standard InChI is InChI=1S/C14H11FN4OS/c15-10-2-4-11(5-3-10)21-8-13-18-14(20-19-13)9-1-6-12(16)17-7-9/h1-7H,8H2,(H2,16,17). The molecule has 0 unspecified atom stereocenters. The Morgan fingerprint density at radius 3 is 2.67 bits per heavy atom. The number of nitrogens with zero attached hydrogens (tertiary/aromatic N) is 3. The second-order valence-electron chi connectivity index (χ2n) is 4.23. The van der Waals surface area contributed by atoms with Crippen LogP contribution in [0.5, 0.6) is 0 Å². The first-order valence-electron chi connectivity index (χ1n) is 6.13. The van der Waals surface area contributed by atoms with Gasteiger partial charge in [-0.25, -0.2) is 9.37 Å². The number of pyridine rings is 1. The zero-order chi connectivity index (χ0) is 14.7. The van der Waals surface area contributed by atoms with E-state index in [9.17, 15) is 4.39 Å². The molecule has 0 aliphatic heterocycles. The number of rotatable bonds is 4. The molecule has 106 valence electrons. The number of halogens is 1. The zero-order valence-electron chi connectivity index (χ0n) is 10.9. The highest BCUT2D eigenvalue weighted by atomic mass is 32.2. The van der Waals surface area contributed by atoms with E-state index in [4.69, 9.17) is 10.3 Å². The number of thioether (sulfide) groups is 1. The number of nitrogen functional groups attached to an aromatic ring is 1. The lowest BCUT2D eigenvalue weighted by atomic mass is 10.3. The minimum Gasteiger partial charge on any atom is -0.384 e. The molecule has 1 aromatic carbocycles. The van der Waals surface area contributed by atoms with Gasteiger partial charge in [-0.1, -0.05) is 5.16 Å². The van der Waals surface area contributed by atoms with Crippen molar-refractivity contribution >= 4 is 17.6 Å². The number of hydrogen-bond acceptors (Lipinski definition) is 6. The van der Waals surface area contributed by atoms with E-state index in [0.29, 0.717) is 23.3 Å². The molecule has 5 nitrogen and oxygen atoms in total. The van der Waals surface area contributed by atoms with Crippen molar-refractivity contribution in [3.63, 3.8) is 0 Å². The molecular formula is C14H11FN4OS. The van der Waals surface area contributed by atoms with Crippen LogP contribution in [0.15, 0.2) is 52.0 Å². The van der Waals surface area contributed by atoms with Crippen LogP contribution in [0.3, 0.4) is 0 Å². The van der Waals surface area contributed by atoms with Crippen molar-refractivity contribution in [2.75, 3.05) is 5.73 Å². The van der Waals surface area contributed by atoms with E-state index in [1.54, 1.807) is 30.5 Å². The third-order valence-electron chi connectivity index (χ3n) is 2.68. The van der Waals surface area contributed by atoms with E-state index < -0.39 is 0 Å². The van der Waals surface area contributed by atoms with Gasteiger partial charge in [-0.3, -0.25) is 0 Å². The molecule has 3 aromatic rings. The average molecular weight is 302 g/mol. The fraction of sp³-hybridized carbons (Fsp3) is 0.0714. The van der Waals surface area contributed by atoms with Crippen LogP contribution in [-0.2, 0) is 5.75 Å². The van der Waals surface area contributed by atoms with Crippen LogP contribution >= 0.6 is 11.8 Å². The maximum Gasteiger partial charge on any atom is 0.259 e. The molecule has 2 N–H and O–H groups in total. The summed E-state index contributed by atoms with van der Waals surface area (Å²) in [6.45, 7) is 0. The molecule has 0 atom stereocenters. The van der Waals surface area contributed by atoms with Crippen molar-refractivity contribution in [3.05, 3.63) is 54.2 Å². The summed E-state index contributed by atoms with van der Waals surface area (Å²) in [7, 11) is 0. The fourth-order valence-electron chi connectivity index (χ4n) is 1.64. The Balaban J connectivity index is 1.67. The van der Waals surface area contributed by atoms with Gasteiger partial charge in [-0.15, -0.1) is 11.8 Å². The smallest absolute Gasteiger partial charge is 0.259 e. The first-order valence-corrected chi connectivity index (χ1v) is 7.12. The third-order valence-corrected chi connectivity index (χ3v) is 3.69. The molecule has 0 aliphatic carbocycles. The van der Waals surface area contributed by atoms with Crippen LogP contribution in [0, 0.1) is 5.82 Å². The second kappa shape index (κ2) is 5.92. The number of hydrogen-bond donors (Lipinski definition) is 1. The quantitative estimate of drug-likeness (QED) is 0.746. The second-order valence-corrected chi connectivity index (χ2v) is 5.28. The van der Waals surface area contributed by atoms with Crippen LogP contribution < -0.4 is 5.73 Å². The number of anilines is 1. The predicted molar refractivity (Wildman–Crippen MR) is 77.9 cm³/mol. The van der Waals surface area contributed by atoms with Crippen molar-refractivity contribution in [2.45, 2.75) is 10.6 Å². The molecule has 21 heavy (non-hydrogen) atoms. The third kappa shape index (κ3) is 3.38. The Hall–Kier alpha value is -2.41. The first kappa shape index (κ1) is 13.6. The topological polar surface area (TPSA) is 77.8 Å². The Morgan fingerprint density at radius 1 is 1.14 bits per heavy atom. The minimum atomic E-state index is -0.253. The number of aromatic nitrogens is 3. The summed E-state index contributed by atoms with van der Waals surface area (Å²) in [5.74, 6) is 1.69. The minimum absolute atomic E-state index is 0.253. The average Bonchev–Trinajstić information content (AvgIpc) is 2.96. The fourth-order valence-corrected chi connectivity index (χ4v) is 2.38. The highest BCUT2D eigenvalue weighted by molar-refractivity contribution is 7.98. The lowest BCUT2D eigenvalue weighted by Crippen LogP contribution is -1.89. The van der Waals surface area contributed by atoms with Gasteiger partial charge in [0.2, 0.25) is 0 Å². The summed E-state index contributed by atoms with van der Waals surface area (Å²) in [6.07, 6.45) is 1.58. The number of nitrogens with two attached hydrogens (primary N) is 1. The molecule has 2 heterocycles. The van der Waals surface area contributed by atoms with Gasteiger partial charge in [-0.2, -0.15) is 4.98 Å². The van der Waals surface area contributed by atoms with Gasteiger partial charge in [0.15, 0.2) is 5.82 Å². The SMILES string of the molecule is Nc1ccc(-c2nc(CSc3ccc(F)cc3)no2)cn1. The maximum atomic E-state index is 12.8. The van der Waals surface area contributed by atoms with Gasteiger partial charge in [0.1, 0.15) is 11.6 Å². The monoisotopic (exact) mass is 302 g/mol. The van der Waals surface area contributed by atoms with Gasteiger partial charge < -0.3 is 10.3 Å². The summed E-state index contributed by atoms with van der Waals surface area (Å²) >= 11 is 1.51. The van der Waals surface area contributed by atoms with E-state index in [-0.39, 0.29) is 5.82 Å². The molecule has 7 heteroatoms. The number of benzene rings is 1. The normalized spacial score (nSPS) is 10.7. The van der Waals surface area contributed by atoms with E-state index >= 15 is 0 Å². The van der Waals surface area contributed by atoms with Crippen molar-refractivity contribution in [3.8, 4) is 11.5 Å². The molecule has 0 amide bonds. The lowest BCUT2D eigenvalue weighted by molar-refractivity contribution is 0.425. The Bertz CT molecular complexity index is 727. The Kier molecular flexibility index (Phi) is 3.83. The molecular weight excluding hydrogens is 291 g/mol. The Labute approximate surface area is 124 Å². The molecule has 0 radical (unpaired) electrons. The van der Waals surface area contributed by atoms with Crippen LogP contribution in [0.2, 0.25) is 0 Å². The maximum absolute atomic E-state index is 12.8. The summed E-state index contributed by atoms with van der Waals surface area (Å²) in [5.41, 5.74) is 6.24. The summed E-state index contributed by atoms with van der Waals surface area (Å²) < 4.78 is 18.0. The first-order chi connectivity index (χ1) is 10.2. The highest BCUT2D eigenvalue weighted by Crippen LogP contribution is 2.23. The molecule has 0 aliphatic rings. The molecule has 3 rings (SSSR count). The van der Waals surface area contributed by atoms with Crippen LogP contribution in [-0.4, -0.2) is 15.1 Å². The largest absolute Gasteiger partial charge is 0.384 e. The molecule has 0 saturated carbocycles. The molecule has 0 fully saturated rings. The Morgan fingerprint density at radius 2 is 1.95 bits per heavy atom. The molecule has 0 bridgehead atoms. The van der Waals surface area contributed by atoms with Crippen LogP contribution in [0.25, 0.3) is 11.5 Å². The van der Waals surface area contributed by atoms with Gasteiger partial charge in [0, 0.05) is 11.1 Å². The van der Waals surface area contributed by atoms with Crippen molar-refractivity contribution < 1.29 is 8.91 Å². The predicted octanol–water partition coefficient (Wildman–Crippen LogP) is 3.15. The van der Waals surface area contributed by atoms with E-state index in [1.807, 2.05) is 0 Å². The van der Waals surface area contributed by atoms with Gasteiger partial charge in [0.25, 0.3) is 5.89 Å². The summed E-state index contributed by atoms with van der Waals surface area (Å²) in [6, 6.07) is 9.71. The van der Waals surface area contributed by atoms with Gasteiger partial charge in [-0.05, 0) is 36.4 Å². The van der Waals surface area contributed by atoms with Crippen LogP contribution in [0.4, 0.5) is 10.2 Å². The molecule has 0 spiro atoms.